The second kappa shape index (κ2) is 7.14. The molecule has 6 nitrogen and oxygen atoms in total. The van der Waals surface area contributed by atoms with Gasteiger partial charge in [0.25, 0.3) is 0 Å². The predicted octanol–water partition coefficient (Wildman–Crippen LogP) is 2.05. The summed E-state index contributed by atoms with van der Waals surface area (Å²) in [6, 6.07) is 9.33. The van der Waals surface area contributed by atoms with Gasteiger partial charge in [0.15, 0.2) is 0 Å². The molecule has 1 aliphatic heterocycles. The van der Waals surface area contributed by atoms with E-state index in [4.69, 9.17) is 4.74 Å². The van der Waals surface area contributed by atoms with Crippen molar-refractivity contribution in [1.82, 2.24) is 4.31 Å². The fraction of sp³-hybridized carbons (Fsp3) is 0.500. The summed E-state index contributed by atoms with van der Waals surface area (Å²) in [5, 5.41) is -0.361. The maximum Gasteiger partial charge on any atom is 0.327 e. The molecule has 1 aromatic rings. The van der Waals surface area contributed by atoms with Gasteiger partial charge in [-0.3, -0.25) is 9.59 Å². The van der Waals surface area contributed by atoms with Crippen molar-refractivity contribution in [3.05, 3.63) is 30.3 Å². The van der Waals surface area contributed by atoms with Crippen molar-refractivity contribution in [2.24, 2.45) is 0 Å². The van der Waals surface area contributed by atoms with E-state index >= 15 is 0 Å². The number of carbonyl (C=O) groups excluding carboxylic acids is 2. The van der Waals surface area contributed by atoms with Crippen LogP contribution in [0.15, 0.2) is 35.2 Å². The molecule has 8 heteroatoms. The highest BCUT2D eigenvalue weighted by Gasteiger charge is 2.39. The number of thioether (sulfide) groups is 1. The van der Waals surface area contributed by atoms with E-state index in [1.807, 2.05) is 30.3 Å². The highest BCUT2D eigenvalue weighted by atomic mass is 32.2. The summed E-state index contributed by atoms with van der Waals surface area (Å²) in [5.41, 5.74) is -0.731. The van der Waals surface area contributed by atoms with E-state index in [9.17, 15) is 18.0 Å². The molecule has 1 heterocycles. The van der Waals surface area contributed by atoms with Gasteiger partial charge >= 0.3 is 5.97 Å². The van der Waals surface area contributed by atoms with Crippen LogP contribution in [0.4, 0.5) is 0 Å². The fourth-order valence-electron chi connectivity index (χ4n) is 2.28. The minimum Gasteiger partial charge on any atom is -0.459 e. The highest BCUT2D eigenvalue weighted by molar-refractivity contribution is 8.01. The van der Waals surface area contributed by atoms with Crippen LogP contribution in [-0.2, 0) is 24.3 Å². The number of rotatable bonds is 4. The lowest BCUT2D eigenvalue weighted by Gasteiger charge is -2.31. The molecule has 0 saturated carbocycles. The number of amides is 1. The second-order valence-electron chi connectivity index (χ2n) is 6.52. The smallest absolute Gasteiger partial charge is 0.327 e. The molecule has 1 amide bonds. The maximum absolute atomic E-state index is 12.4. The highest BCUT2D eigenvalue weighted by Crippen LogP contribution is 2.31. The fourth-order valence-corrected chi connectivity index (χ4v) is 5.45. The molecule has 0 spiro atoms. The molecule has 1 aromatic carbocycles. The standard InChI is InChI=1S/C16H21NO5S2/c1-16(2,3)22-15(19)10-17-14(18)9-13(11-24(17,20)21)23-12-7-5-4-6-8-12/h4-8,13H,9-11H2,1-3H3. The lowest BCUT2D eigenvalue weighted by molar-refractivity contribution is -0.156. The van der Waals surface area contributed by atoms with Crippen molar-refractivity contribution >= 4 is 33.7 Å². The lowest BCUT2D eigenvalue weighted by atomic mass is 10.2. The van der Waals surface area contributed by atoms with Gasteiger partial charge in [-0.2, -0.15) is 0 Å². The summed E-state index contributed by atoms with van der Waals surface area (Å²) >= 11 is 1.36. The van der Waals surface area contributed by atoms with Gasteiger partial charge in [-0.15, -0.1) is 11.8 Å². The Labute approximate surface area is 146 Å². The van der Waals surface area contributed by atoms with Gasteiger partial charge in [0.2, 0.25) is 15.9 Å². The molecule has 0 aliphatic carbocycles. The summed E-state index contributed by atoms with van der Waals surface area (Å²) in [6.45, 7) is 4.49. The molecule has 1 unspecified atom stereocenters. The summed E-state index contributed by atoms with van der Waals surface area (Å²) in [6.07, 6.45) is 0.0710. The second-order valence-corrected chi connectivity index (χ2v) is 9.83. The summed E-state index contributed by atoms with van der Waals surface area (Å²) in [7, 11) is -3.83. The van der Waals surface area contributed by atoms with Crippen molar-refractivity contribution in [2.45, 2.75) is 42.9 Å². The number of sulfonamides is 1. The SMILES string of the molecule is CC(C)(C)OC(=O)CN1C(=O)CC(Sc2ccccc2)CS1(=O)=O. The van der Waals surface area contributed by atoms with Crippen LogP contribution in [0.1, 0.15) is 27.2 Å². The topological polar surface area (TPSA) is 80.8 Å². The molecule has 1 saturated heterocycles. The lowest BCUT2D eigenvalue weighted by Crippen LogP contribution is -2.49. The molecule has 1 aliphatic rings. The summed E-state index contributed by atoms with van der Waals surface area (Å²) in [5.74, 6) is -1.48. The minimum atomic E-state index is -3.83. The Hall–Kier alpha value is -1.54. The Bertz CT molecular complexity index is 710. The van der Waals surface area contributed by atoms with Crippen molar-refractivity contribution in [1.29, 1.82) is 0 Å². The van der Waals surface area contributed by atoms with Crippen LogP contribution in [0.2, 0.25) is 0 Å². The van der Waals surface area contributed by atoms with Crippen molar-refractivity contribution < 1.29 is 22.7 Å². The van der Waals surface area contributed by atoms with Crippen molar-refractivity contribution in [3.63, 3.8) is 0 Å². The van der Waals surface area contributed by atoms with E-state index in [0.29, 0.717) is 4.31 Å². The number of benzene rings is 1. The molecule has 24 heavy (non-hydrogen) atoms. The Balaban J connectivity index is 2.05. The third-order valence-corrected chi connectivity index (χ3v) is 6.40. The Morgan fingerprint density at radius 2 is 1.92 bits per heavy atom. The Morgan fingerprint density at radius 1 is 1.29 bits per heavy atom. The van der Waals surface area contributed by atoms with Crippen LogP contribution in [0.3, 0.4) is 0 Å². The number of esters is 1. The Morgan fingerprint density at radius 3 is 2.46 bits per heavy atom. The molecule has 0 radical (unpaired) electrons. The number of nitrogens with zero attached hydrogens (tertiary/aromatic N) is 1. The van der Waals surface area contributed by atoms with E-state index in [1.165, 1.54) is 11.8 Å². The van der Waals surface area contributed by atoms with Crippen LogP contribution in [0.25, 0.3) is 0 Å². The zero-order valence-electron chi connectivity index (χ0n) is 13.9. The normalized spacial score (nSPS) is 20.7. The number of hydrogen-bond donors (Lipinski definition) is 0. The molecule has 0 bridgehead atoms. The largest absolute Gasteiger partial charge is 0.459 e. The molecule has 0 aromatic heterocycles. The average molecular weight is 371 g/mol. The monoisotopic (exact) mass is 371 g/mol. The number of hydrogen-bond acceptors (Lipinski definition) is 6. The first kappa shape index (κ1) is 18.8. The van der Waals surface area contributed by atoms with Gasteiger partial charge < -0.3 is 4.74 Å². The van der Waals surface area contributed by atoms with E-state index in [1.54, 1.807) is 20.8 Å². The van der Waals surface area contributed by atoms with Gasteiger partial charge in [0.05, 0.1) is 5.75 Å². The van der Waals surface area contributed by atoms with Gasteiger partial charge in [-0.1, -0.05) is 18.2 Å². The van der Waals surface area contributed by atoms with E-state index in [0.717, 1.165) is 4.90 Å². The van der Waals surface area contributed by atoms with E-state index in [2.05, 4.69) is 0 Å². The van der Waals surface area contributed by atoms with Crippen LogP contribution in [0.5, 0.6) is 0 Å². The maximum atomic E-state index is 12.4. The third-order valence-electron chi connectivity index (χ3n) is 3.15. The number of carbonyl (C=O) groups is 2. The van der Waals surface area contributed by atoms with E-state index < -0.39 is 34.0 Å². The van der Waals surface area contributed by atoms with Crippen LogP contribution >= 0.6 is 11.8 Å². The minimum absolute atomic E-state index is 0.0710. The molecular formula is C16H21NO5S2. The molecule has 1 atom stereocenters. The van der Waals surface area contributed by atoms with Gasteiger partial charge in [-0.05, 0) is 32.9 Å². The number of ether oxygens (including phenoxy) is 1. The van der Waals surface area contributed by atoms with Crippen molar-refractivity contribution in [3.8, 4) is 0 Å². The van der Waals surface area contributed by atoms with Gasteiger partial charge in [-0.25, -0.2) is 12.7 Å². The first-order valence-corrected chi connectivity index (χ1v) is 10.0. The van der Waals surface area contributed by atoms with Gasteiger partial charge in [0.1, 0.15) is 12.1 Å². The molecular weight excluding hydrogens is 350 g/mol. The molecule has 0 N–H and O–H groups in total. The van der Waals surface area contributed by atoms with Crippen LogP contribution in [0, 0.1) is 0 Å². The van der Waals surface area contributed by atoms with Crippen molar-refractivity contribution in [2.75, 3.05) is 12.3 Å². The average Bonchev–Trinajstić information content (AvgIpc) is 2.42. The van der Waals surface area contributed by atoms with Crippen LogP contribution < -0.4 is 0 Å². The molecule has 2 rings (SSSR count). The molecule has 1 fully saturated rings. The zero-order chi connectivity index (χ0) is 18.0. The van der Waals surface area contributed by atoms with Gasteiger partial charge in [0, 0.05) is 16.6 Å². The molecule has 132 valence electrons. The van der Waals surface area contributed by atoms with Crippen LogP contribution in [-0.4, -0.2) is 47.7 Å². The first-order chi connectivity index (χ1) is 11.1. The third kappa shape index (κ3) is 5.24. The Kier molecular flexibility index (Phi) is 5.59. The quantitative estimate of drug-likeness (QED) is 0.754. The zero-order valence-corrected chi connectivity index (χ0v) is 15.5. The predicted molar refractivity (Wildman–Crippen MR) is 92.0 cm³/mol. The first-order valence-electron chi connectivity index (χ1n) is 7.54. The summed E-state index contributed by atoms with van der Waals surface area (Å²) < 4.78 is 30.5. The summed E-state index contributed by atoms with van der Waals surface area (Å²) in [4.78, 5) is 25.0. The van der Waals surface area contributed by atoms with E-state index in [-0.39, 0.29) is 17.4 Å².